The van der Waals surface area contributed by atoms with Crippen LogP contribution in [-0.2, 0) is 9.53 Å². The van der Waals surface area contributed by atoms with E-state index in [1.54, 1.807) is 31.4 Å². The number of methoxy groups -OCH3 is 1. The van der Waals surface area contributed by atoms with Gasteiger partial charge in [0.15, 0.2) is 0 Å². The van der Waals surface area contributed by atoms with Gasteiger partial charge in [-0.1, -0.05) is 6.07 Å². The Kier molecular flexibility index (Phi) is 9.16. The number of pyridine rings is 1. The fourth-order valence-corrected chi connectivity index (χ4v) is 3.65. The maximum atomic E-state index is 12.8. The fraction of sp³-hybridized carbons (Fsp3) is 0.333. The fourth-order valence-electron chi connectivity index (χ4n) is 3.65. The minimum atomic E-state index is -0.964. The number of piperazine rings is 1. The predicted molar refractivity (Wildman–Crippen MR) is 133 cm³/mol. The Balaban J connectivity index is 1.60. The molecule has 0 aliphatic carbocycles. The summed E-state index contributed by atoms with van der Waals surface area (Å²) in [5, 5.41) is 18.6. The van der Waals surface area contributed by atoms with Gasteiger partial charge in [-0.05, 0) is 30.3 Å². The van der Waals surface area contributed by atoms with E-state index in [4.69, 9.17) is 25.7 Å². The zero-order valence-electron chi connectivity index (χ0n) is 19.6. The molecule has 5 N–H and O–H groups in total. The van der Waals surface area contributed by atoms with Crippen molar-refractivity contribution in [2.45, 2.75) is 0 Å². The van der Waals surface area contributed by atoms with E-state index in [9.17, 15) is 9.59 Å². The third-order valence-electron chi connectivity index (χ3n) is 5.49. The molecule has 0 bridgehead atoms. The lowest BCUT2D eigenvalue weighted by molar-refractivity contribution is -0.142. The Morgan fingerprint density at radius 3 is 2.63 bits per heavy atom. The van der Waals surface area contributed by atoms with Crippen LogP contribution in [0.15, 0.2) is 42.5 Å². The van der Waals surface area contributed by atoms with E-state index >= 15 is 0 Å². The number of ether oxygens (including phenoxy) is 2. The molecule has 3 rings (SSSR count). The number of hydrogen-bond donors (Lipinski definition) is 4. The van der Waals surface area contributed by atoms with Crippen LogP contribution in [0.1, 0.15) is 16.2 Å². The minimum Gasteiger partial charge on any atom is -0.494 e. The van der Waals surface area contributed by atoms with Crippen molar-refractivity contribution in [2.75, 3.05) is 63.3 Å². The largest absolute Gasteiger partial charge is 0.494 e. The molecule has 0 spiro atoms. The SMILES string of the molecule is COc1cc(N2CCN(CCOCC(=O)O)CC2)ccc1NC(=O)c1cccc(/C(N)=C/C=N)n1. The van der Waals surface area contributed by atoms with Crippen LogP contribution in [0, 0.1) is 5.41 Å². The van der Waals surface area contributed by atoms with E-state index in [1.165, 1.54) is 6.08 Å². The summed E-state index contributed by atoms with van der Waals surface area (Å²) in [4.78, 5) is 32.0. The van der Waals surface area contributed by atoms with E-state index in [1.807, 2.05) is 12.1 Å². The first-order chi connectivity index (χ1) is 16.9. The molecule has 1 amide bonds. The Bertz CT molecular complexity index is 1080. The first kappa shape index (κ1) is 25.7. The number of carboxylic acids is 1. The van der Waals surface area contributed by atoms with Crippen LogP contribution in [0.2, 0.25) is 0 Å². The zero-order valence-corrected chi connectivity index (χ0v) is 19.6. The van der Waals surface area contributed by atoms with Crippen LogP contribution >= 0.6 is 0 Å². The van der Waals surface area contributed by atoms with E-state index in [2.05, 4.69) is 20.1 Å². The lowest BCUT2D eigenvalue weighted by Crippen LogP contribution is -2.47. The molecule has 0 radical (unpaired) electrons. The number of nitrogens with two attached hydrogens (primary N) is 1. The summed E-state index contributed by atoms with van der Waals surface area (Å²) >= 11 is 0. The average molecular weight is 483 g/mol. The molecule has 35 heavy (non-hydrogen) atoms. The summed E-state index contributed by atoms with van der Waals surface area (Å²) in [6.45, 7) is 4.05. The third kappa shape index (κ3) is 7.26. The van der Waals surface area contributed by atoms with E-state index < -0.39 is 11.9 Å². The molecule has 2 heterocycles. The monoisotopic (exact) mass is 482 g/mol. The minimum absolute atomic E-state index is 0.193. The smallest absolute Gasteiger partial charge is 0.329 e. The highest BCUT2D eigenvalue weighted by Crippen LogP contribution is 2.30. The molecule has 1 aromatic heterocycles. The van der Waals surface area contributed by atoms with Gasteiger partial charge in [0.1, 0.15) is 18.1 Å². The highest BCUT2D eigenvalue weighted by molar-refractivity contribution is 6.04. The molecular formula is C24H30N6O5. The van der Waals surface area contributed by atoms with Gasteiger partial charge in [-0.15, -0.1) is 0 Å². The van der Waals surface area contributed by atoms with Gasteiger partial charge in [0.25, 0.3) is 5.91 Å². The molecule has 0 atom stereocenters. The van der Waals surface area contributed by atoms with Gasteiger partial charge in [-0.25, -0.2) is 9.78 Å². The number of amides is 1. The topological polar surface area (TPSA) is 154 Å². The highest BCUT2D eigenvalue weighted by atomic mass is 16.5. The number of rotatable bonds is 11. The lowest BCUT2D eigenvalue weighted by Gasteiger charge is -2.36. The first-order valence-electron chi connectivity index (χ1n) is 11.1. The number of carboxylic acid groups (broad SMARTS) is 1. The van der Waals surface area contributed by atoms with Crippen molar-refractivity contribution in [1.29, 1.82) is 5.41 Å². The second-order valence-electron chi connectivity index (χ2n) is 7.81. The van der Waals surface area contributed by atoms with Crippen molar-refractivity contribution in [1.82, 2.24) is 9.88 Å². The van der Waals surface area contributed by atoms with Crippen molar-refractivity contribution in [2.24, 2.45) is 5.73 Å². The number of aliphatic carboxylic acids is 1. The summed E-state index contributed by atoms with van der Waals surface area (Å²) in [7, 11) is 1.55. The summed E-state index contributed by atoms with van der Waals surface area (Å²) < 4.78 is 10.6. The van der Waals surface area contributed by atoms with Gasteiger partial charge in [0, 0.05) is 50.7 Å². The standard InChI is InChI=1S/C24H30N6O5/c1-34-22-15-17(30-11-9-29(10-12-30)13-14-35-16-23(31)32)5-6-20(22)28-24(33)21-4-2-3-19(27-21)18(26)7-8-25/h2-8,15,25H,9-14,16,26H2,1H3,(H,28,33)(H,31,32)/b18-7-,25-8?. The Labute approximate surface area is 203 Å². The molecule has 186 valence electrons. The first-order valence-corrected chi connectivity index (χ1v) is 11.1. The number of nitrogens with zero attached hydrogens (tertiary/aromatic N) is 3. The number of anilines is 2. The molecule has 1 aliphatic heterocycles. The summed E-state index contributed by atoms with van der Waals surface area (Å²) in [6, 6.07) is 10.5. The second-order valence-corrected chi connectivity index (χ2v) is 7.81. The van der Waals surface area contributed by atoms with E-state index in [-0.39, 0.29) is 12.3 Å². The zero-order chi connectivity index (χ0) is 25.2. The van der Waals surface area contributed by atoms with Crippen LogP contribution in [0.5, 0.6) is 5.75 Å². The van der Waals surface area contributed by atoms with Gasteiger partial charge in [-0.2, -0.15) is 0 Å². The van der Waals surface area contributed by atoms with Gasteiger partial charge in [0.05, 0.1) is 30.8 Å². The summed E-state index contributed by atoms with van der Waals surface area (Å²) in [5.74, 6) is -0.840. The predicted octanol–water partition coefficient (Wildman–Crippen LogP) is 1.51. The second kappa shape index (κ2) is 12.5. The van der Waals surface area contributed by atoms with Crippen molar-refractivity contribution >= 4 is 35.2 Å². The van der Waals surface area contributed by atoms with Crippen molar-refractivity contribution in [3.05, 3.63) is 53.9 Å². The van der Waals surface area contributed by atoms with Crippen molar-refractivity contribution < 1.29 is 24.2 Å². The molecule has 1 aliphatic rings. The quantitative estimate of drug-likeness (QED) is 0.276. The lowest BCUT2D eigenvalue weighted by atomic mass is 10.2. The van der Waals surface area contributed by atoms with Crippen LogP contribution in [0.25, 0.3) is 5.70 Å². The van der Waals surface area contributed by atoms with Crippen LogP contribution < -0.4 is 20.7 Å². The molecule has 2 aromatic rings. The van der Waals surface area contributed by atoms with Crippen LogP contribution in [-0.4, -0.2) is 86.1 Å². The molecule has 1 saturated heterocycles. The van der Waals surface area contributed by atoms with Crippen molar-refractivity contribution in [3.8, 4) is 5.75 Å². The van der Waals surface area contributed by atoms with Gasteiger partial charge >= 0.3 is 5.97 Å². The molecule has 1 fully saturated rings. The molecule has 11 heteroatoms. The van der Waals surface area contributed by atoms with Crippen molar-refractivity contribution in [3.63, 3.8) is 0 Å². The Hall–Kier alpha value is -3.96. The normalized spacial score (nSPS) is 14.4. The molecule has 0 unspecified atom stereocenters. The summed E-state index contributed by atoms with van der Waals surface area (Å²) in [6.07, 6.45) is 2.46. The Morgan fingerprint density at radius 2 is 1.94 bits per heavy atom. The molecular weight excluding hydrogens is 452 g/mol. The molecule has 0 saturated carbocycles. The molecule has 1 aromatic carbocycles. The molecule has 11 nitrogen and oxygen atoms in total. The maximum absolute atomic E-state index is 12.8. The average Bonchev–Trinajstić information content (AvgIpc) is 2.87. The number of nitrogens with one attached hydrogen (secondary N) is 2. The Morgan fingerprint density at radius 1 is 1.20 bits per heavy atom. The number of hydrogen-bond acceptors (Lipinski definition) is 9. The number of carbonyl (C=O) groups excluding carboxylic acids is 1. The van der Waals surface area contributed by atoms with Crippen LogP contribution in [0.3, 0.4) is 0 Å². The summed E-state index contributed by atoms with van der Waals surface area (Å²) in [5.41, 5.74) is 8.27. The number of carbonyl (C=O) groups is 2. The highest BCUT2D eigenvalue weighted by Gasteiger charge is 2.19. The van der Waals surface area contributed by atoms with Gasteiger partial charge in [0.2, 0.25) is 0 Å². The van der Waals surface area contributed by atoms with E-state index in [0.29, 0.717) is 36.0 Å². The number of allylic oxidation sites excluding steroid dienone is 1. The maximum Gasteiger partial charge on any atom is 0.329 e. The third-order valence-corrected chi connectivity index (χ3v) is 5.49. The van der Waals surface area contributed by atoms with Crippen LogP contribution in [0.4, 0.5) is 11.4 Å². The van der Waals surface area contributed by atoms with Gasteiger partial charge < -0.3 is 35.9 Å². The number of benzene rings is 1. The van der Waals surface area contributed by atoms with E-state index in [0.717, 1.165) is 38.1 Å². The number of aromatic nitrogens is 1. The van der Waals surface area contributed by atoms with Gasteiger partial charge in [-0.3, -0.25) is 9.69 Å².